The second-order valence-electron chi connectivity index (χ2n) is 6.37. The van der Waals surface area contributed by atoms with Crippen molar-refractivity contribution in [2.75, 3.05) is 5.75 Å². The first-order valence-corrected chi connectivity index (χ1v) is 10.2. The van der Waals surface area contributed by atoms with Crippen molar-refractivity contribution in [1.82, 2.24) is 4.31 Å². The van der Waals surface area contributed by atoms with Gasteiger partial charge >= 0.3 is 0 Å². The lowest BCUT2D eigenvalue weighted by molar-refractivity contribution is 0.254. The van der Waals surface area contributed by atoms with Gasteiger partial charge in [-0.05, 0) is 37.2 Å². The minimum atomic E-state index is -3.18. The summed E-state index contributed by atoms with van der Waals surface area (Å²) in [4.78, 5) is 0.480. The Morgan fingerprint density at radius 2 is 1.76 bits per heavy atom. The lowest BCUT2D eigenvalue weighted by Crippen LogP contribution is -2.48. The van der Waals surface area contributed by atoms with E-state index in [1.807, 2.05) is 41.6 Å². The summed E-state index contributed by atoms with van der Waals surface area (Å²) in [6.07, 6.45) is 3.95. The topological polar surface area (TPSA) is 37.4 Å². The van der Waals surface area contributed by atoms with Crippen molar-refractivity contribution < 1.29 is 8.42 Å². The average molecular weight is 372 g/mol. The van der Waals surface area contributed by atoms with Crippen LogP contribution in [-0.4, -0.2) is 35.4 Å². The van der Waals surface area contributed by atoms with Crippen LogP contribution in [0.5, 0.6) is 0 Å². The van der Waals surface area contributed by atoms with E-state index in [0.717, 1.165) is 31.2 Å². The first-order valence-electron chi connectivity index (χ1n) is 7.67. The molecule has 0 N–H and O–H groups in total. The molecular weight excluding hydrogens is 350 g/mol. The van der Waals surface area contributed by atoms with Gasteiger partial charge in [0.2, 0.25) is 10.0 Å². The molecule has 3 unspecified atom stereocenters. The summed E-state index contributed by atoms with van der Waals surface area (Å²) in [7, 11) is -3.18. The maximum atomic E-state index is 12.8. The molecular formula is C16H22BrNO2S. The van der Waals surface area contributed by atoms with Crippen molar-refractivity contribution in [3.63, 3.8) is 0 Å². The van der Waals surface area contributed by atoms with Crippen molar-refractivity contribution >= 4 is 26.0 Å². The molecule has 0 saturated carbocycles. The number of alkyl halides is 1. The summed E-state index contributed by atoms with van der Waals surface area (Å²) in [5.74, 6) is 0.258. The fourth-order valence-corrected chi connectivity index (χ4v) is 6.95. The van der Waals surface area contributed by atoms with E-state index in [1.54, 1.807) is 0 Å². The quantitative estimate of drug-likeness (QED) is 0.759. The van der Waals surface area contributed by atoms with Crippen molar-refractivity contribution in [2.45, 2.75) is 55.4 Å². The van der Waals surface area contributed by atoms with Crippen LogP contribution in [0.4, 0.5) is 0 Å². The standard InChI is InChI=1S/C16H22BrNO2S/c1-12(13-5-3-2-4-6-13)11-21(19,20)18-15-7-8-16(18)10-14(17)9-15/h2-6,12,14-16H,7-11H2,1H3. The Morgan fingerprint density at radius 3 is 2.33 bits per heavy atom. The van der Waals surface area contributed by atoms with Gasteiger partial charge in [-0.1, -0.05) is 53.2 Å². The molecule has 0 aromatic heterocycles. The van der Waals surface area contributed by atoms with E-state index in [2.05, 4.69) is 15.9 Å². The molecule has 2 saturated heterocycles. The molecule has 3 rings (SSSR count). The van der Waals surface area contributed by atoms with Crippen molar-refractivity contribution in [3.05, 3.63) is 35.9 Å². The Hall–Kier alpha value is -0.390. The summed E-state index contributed by atoms with van der Waals surface area (Å²) in [6, 6.07) is 10.4. The minimum absolute atomic E-state index is 0.0392. The Bertz CT molecular complexity index is 576. The second-order valence-corrected chi connectivity index (χ2v) is 9.59. The van der Waals surface area contributed by atoms with Crippen LogP contribution >= 0.6 is 15.9 Å². The highest BCUT2D eigenvalue weighted by Gasteiger charge is 2.46. The van der Waals surface area contributed by atoms with Gasteiger partial charge < -0.3 is 0 Å². The first-order chi connectivity index (χ1) is 9.97. The Balaban J connectivity index is 1.76. The van der Waals surface area contributed by atoms with Gasteiger partial charge in [0, 0.05) is 16.9 Å². The fraction of sp³-hybridized carbons (Fsp3) is 0.625. The van der Waals surface area contributed by atoms with E-state index in [4.69, 9.17) is 0 Å². The van der Waals surface area contributed by atoms with Gasteiger partial charge in [0.05, 0.1) is 5.75 Å². The number of hydrogen-bond donors (Lipinski definition) is 0. The van der Waals surface area contributed by atoms with Gasteiger partial charge in [0.15, 0.2) is 0 Å². The van der Waals surface area contributed by atoms with Crippen LogP contribution in [0, 0.1) is 0 Å². The third-order valence-corrected chi connectivity index (χ3v) is 7.67. The molecule has 1 aromatic rings. The predicted octanol–water partition coefficient (Wildman–Crippen LogP) is 3.51. The number of fused-ring (bicyclic) bond motifs is 2. The highest BCUT2D eigenvalue weighted by Crippen LogP contribution is 2.41. The Labute approximate surface area is 135 Å². The number of benzene rings is 1. The highest BCUT2D eigenvalue weighted by molar-refractivity contribution is 9.09. The Morgan fingerprint density at radius 1 is 1.19 bits per heavy atom. The first kappa shape index (κ1) is 15.5. The van der Waals surface area contributed by atoms with Gasteiger partial charge in [0.1, 0.15) is 0 Å². The third kappa shape index (κ3) is 3.20. The number of halogens is 1. The largest absolute Gasteiger partial charge is 0.215 e. The maximum Gasteiger partial charge on any atom is 0.215 e. The molecule has 2 heterocycles. The van der Waals surface area contributed by atoms with Crippen LogP contribution < -0.4 is 0 Å². The van der Waals surface area contributed by atoms with E-state index in [0.29, 0.717) is 4.83 Å². The molecule has 116 valence electrons. The summed E-state index contributed by atoms with van der Waals surface area (Å²) < 4.78 is 27.5. The van der Waals surface area contributed by atoms with Gasteiger partial charge in [-0.15, -0.1) is 0 Å². The van der Waals surface area contributed by atoms with Crippen molar-refractivity contribution in [3.8, 4) is 0 Å². The zero-order chi connectivity index (χ0) is 15.0. The van der Waals surface area contributed by atoms with Gasteiger partial charge in [-0.3, -0.25) is 0 Å². The molecule has 5 heteroatoms. The van der Waals surface area contributed by atoms with Crippen LogP contribution in [-0.2, 0) is 10.0 Å². The molecule has 3 atom stereocenters. The molecule has 0 spiro atoms. The Kier molecular flexibility index (Phi) is 4.44. The lowest BCUT2D eigenvalue weighted by Gasteiger charge is -2.36. The summed E-state index contributed by atoms with van der Waals surface area (Å²) in [6.45, 7) is 2.01. The second kappa shape index (κ2) is 6.01. The predicted molar refractivity (Wildman–Crippen MR) is 89.2 cm³/mol. The zero-order valence-corrected chi connectivity index (χ0v) is 14.7. The van der Waals surface area contributed by atoms with Crippen molar-refractivity contribution in [1.29, 1.82) is 0 Å². The normalized spacial score (nSPS) is 31.2. The van der Waals surface area contributed by atoms with Crippen LogP contribution in [0.2, 0.25) is 0 Å². The third-order valence-electron chi connectivity index (χ3n) is 4.76. The summed E-state index contributed by atoms with van der Waals surface area (Å²) in [5.41, 5.74) is 1.10. The zero-order valence-electron chi connectivity index (χ0n) is 12.3. The van der Waals surface area contributed by atoms with Gasteiger partial charge in [0.25, 0.3) is 0 Å². The molecule has 2 bridgehead atoms. The highest BCUT2D eigenvalue weighted by atomic mass is 79.9. The molecule has 0 amide bonds. The molecule has 1 aromatic carbocycles. The van der Waals surface area contributed by atoms with E-state index in [1.165, 1.54) is 0 Å². The lowest BCUT2D eigenvalue weighted by atomic mass is 10.0. The van der Waals surface area contributed by atoms with E-state index < -0.39 is 10.0 Å². The summed E-state index contributed by atoms with van der Waals surface area (Å²) >= 11 is 3.67. The van der Waals surface area contributed by atoms with Crippen LogP contribution in [0.15, 0.2) is 30.3 Å². The number of rotatable bonds is 4. The van der Waals surface area contributed by atoms with E-state index in [-0.39, 0.29) is 23.8 Å². The maximum absolute atomic E-state index is 12.8. The monoisotopic (exact) mass is 371 g/mol. The van der Waals surface area contributed by atoms with Gasteiger partial charge in [-0.2, -0.15) is 4.31 Å². The van der Waals surface area contributed by atoms with Gasteiger partial charge in [-0.25, -0.2) is 8.42 Å². The fourth-order valence-electron chi connectivity index (χ4n) is 3.80. The van der Waals surface area contributed by atoms with E-state index in [9.17, 15) is 8.42 Å². The number of hydrogen-bond acceptors (Lipinski definition) is 2. The number of sulfonamides is 1. The summed E-state index contributed by atoms with van der Waals surface area (Å²) in [5, 5.41) is 0. The van der Waals surface area contributed by atoms with Crippen molar-refractivity contribution in [2.24, 2.45) is 0 Å². The van der Waals surface area contributed by atoms with Crippen LogP contribution in [0.3, 0.4) is 0 Å². The molecule has 3 nitrogen and oxygen atoms in total. The van der Waals surface area contributed by atoms with Crippen LogP contribution in [0.1, 0.15) is 44.1 Å². The average Bonchev–Trinajstić information content (AvgIpc) is 2.73. The molecule has 0 radical (unpaired) electrons. The molecule has 0 aliphatic carbocycles. The minimum Gasteiger partial charge on any atom is -0.212 e. The van der Waals surface area contributed by atoms with E-state index >= 15 is 0 Å². The smallest absolute Gasteiger partial charge is 0.212 e. The molecule has 2 aliphatic heterocycles. The van der Waals surface area contributed by atoms with Crippen LogP contribution in [0.25, 0.3) is 0 Å². The molecule has 2 fully saturated rings. The molecule has 21 heavy (non-hydrogen) atoms. The number of piperidine rings is 1. The number of nitrogens with zero attached hydrogens (tertiary/aromatic N) is 1. The molecule has 2 aliphatic rings. The SMILES string of the molecule is CC(CS(=O)(=O)N1C2CCC1CC(Br)C2)c1ccccc1.